The molecule has 1 aliphatic rings. The Balaban J connectivity index is 1.68. The van der Waals surface area contributed by atoms with Crippen LogP contribution in [0.15, 0.2) is 47.8 Å². The summed E-state index contributed by atoms with van der Waals surface area (Å²) in [4.78, 5) is 44.4. The number of thiophene rings is 1. The average Bonchev–Trinajstić information content (AvgIpc) is 3.38. The lowest BCUT2D eigenvalue weighted by Crippen LogP contribution is -2.25. The van der Waals surface area contributed by atoms with Crippen molar-refractivity contribution in [3.8, 4) is 28.0 Å². The Labute approximate surface area is 247 Å². The van der Waals surface area contributed by atoms with E-state index in [1.54, 1.807) is 23.5 Å². The van der Waals surface area contributed by atoms with Crippen LogP contribution in [0, 0.1) is 13.8 Å². The van der Waals surface area contributed by atoms with Crippen LogP contribution < -0.4 is 21.1 Å². The maximum Gasteiger partial charge on any atom is 0.355 e. The number of pyridine rings is 1. The number of ether oxygens (including phenoxy) is 1. The number of carbonyl (C=O) groups excluding carboxylic acids is 2. The van der Waals surface area contributed by atoms with Crippen molar-refractivity contribution in [2.24, 2.45) is 5.73 Å². The van der Waals surface area contributed by atoms with Crippen LogP contribution in [0.5, 0.6) is 5.75 Å². The molecular weight excluding hydrogens is 552 g/mol. The number of benzene rings is 2. The first-order valence-electron chi connectivity index (χ1n) is 13.7. The molecule has 0 bridgehead atoms. The van der Waals surface area contributed by atoms with Gasteiger partial charge in [0.1, 0.15) is 11.4 Å². The Bertz CT molecular complexity index is 1690. The topological polar surface area (TPSA) is 144 Å². The summed E-state index contributed by atoms with van der Waals surface area (Å²) >= 11 is 1.63. The zero-order valence-corrected chi connectivity index (χ0v) is 24.5. The van der Waals surface area contributed by atoms with Gasteiger partial charge in [-0.25, -0.2) is 9.78 Å². The monoisotopic (exact) mass is 584 g/mol. The zero-order valence-electron chi connectivity index (χ0n) is 23.7. The fourth-order valence-corrected chi connectivity index (χ4v) is 6.07. The van der Waals surface area contributed by atoms with Gasteiger partial charge in [-0.2, -0.15) is 0 Å². The number of hydrogen-bond acceptors (Lipinski definition) is 7. The van der Waals surface area contributed by atoms with E-state index in [1.165, 1.54) is 12.1 Å². The van der Waals surface area contributed by atoms with Gasteiger partial charge in [-0.05, 0) is 78.2 Å². The number of carboxylic acid groups (broad SMARTS) is 1. The van der Waals surface area contributed by atoms with Gasteiger partial charge in [0.25, 0.3) is 11.8 Å². The summed E-state index contributed by atoms with van der Waals surface area (Å²) in [6, 6.07) is 12.3. The minimum Gasteiger partial charge on any atom is -0.493 e. The van der Waals surface area contributed by atoms with Crippen LogP contribution >= 0.6 is 11.3 Å². The normalized spacial score (nSPS) is 12.0. The minimum absolute atomic E-state index is 0.0178. The van der Waals surface area contributed by atoms with E-state index in [0.717, 1.165) is 39.1 Å². The number of carboxylic acids is 1. The second kappa shape index (κ2) is 12.1. The van der Waals surface area contributed by atoms with Gasteiger partial charge >= 0.3 is 5.97 Å². The minimum atomic E-state index is -1.32. The van der Waals surface area contributed by atoms with Crippen molar-refractivity contribution in [2.75, 3.05) is 18.5 Å². The van der Waals surface area contributed by atoms with Crippen molar-refractivity contribution in [1.82, 2.24) is 10.3 Å². The molecule has 3 heterocycles. The molecule has 0 radical (unpaired) electrons. The van der Waals surface area contributed by atoms with Crippen LogP contribution in [0.2, 0.25) is 0 Å². The predicted molar refractivity (Wildman–Crippen MR) is 164 cm³/mol. The van der Waals surface area contributed by atoms with Gasteiger partial charge in [-0.15, -0.1) is 11.3 Å². The van der Waals surface area contributed by atoms with E-state index in [9.17, 15) is 19.5 Å². The molecule has 0 atom stereocenters. The second-order valence-electron chi connectivity index (χ2n) is 10.2. The molecule has 5 N–H and O–H groups in total. The maximum atomic E-state index is 14.1. The third kappa shape index (κ3) is 5.63. The summed E-state index contributed by atoms with van der Waals surface area (Å²) < 4.78 is 6.11. The molecule has 4 aromatic rings. The van der Waals surface area contributed by atoms with Gasteiger partial charge in [0.2, 0.25) is 0 Å². The van der Waals surface area contributed by atoms with Gasteiger partial charge < -0.3 is 26.2 Å². The molecule has 0 saturated carbocycles. The van der Waals surface area contributed by atoms with Crippen LogP contribution in [0.4, 0.5) is 5.69 Å². The van der Waals surface area contributed by atoms with Crippen LogP contribution in [-0.4, -0.2) is 41.0 Å². The summed E-state index contributed by atoms with van der Waals surface area (Å²) in [5.74, 6) is -1.66. The highest BCUT2D eigenvalue weighted by Crippen LogP contribution is 2.42. The van der Waals surface area contributed by atoms with E-state index in [2.05, 4.69) is 15.6 Å². The number of nitrogens with two attached hydrogens (primary N) is 1. The quantitative estimate of drug-likeness (QED) is 0.212. The number of amides is 2. The molecular formula is C32H32N4O5S. The summed E-state index contributed by atoms with van der Waals surface area (Å²) in [5.41, 5.74) is 11.3. The summed E-state index contributed by atoms with van der Waals surface area (Å²) in [7, 11) is 0. The number of aromatic nitrogens is 1. The highest BCUT2D eigenvalue weighted by molar-refractivity contribution is 7.10. The number of rotatable bonds is 8. The Hall–Kier alpha value is -4.54. The summed E-state index contributed by atoms with van der Waals surface area (Å²) in [5, 5.41) is 17.9. The number of nitrogens with one attached hydrogen (secondary N) is 2. The van der Waals surface area contributed by atoms with E-state index >= 15 is 0 Å². The van der Waals surface area contributed by atoms with E-state index in [-0.39, 0.29) is 22.5 Å². The first-order chi connectivity index (χ1) is 20.2. The summed E-state index contributed by atoms with van der Waals surface area (Å²) in [6.07, 6.45) is 1.44. The highest BCUT2D eigenvalue weighted by atomic mass is 32.1. The maximum absolute atomic E-state index is 14.1. The third-order valence-corrected chi connectivity index (χ3v) is 8.19. The molecule has 1 aliphatic heterocycles. The number of anilines is 1. The van der Waals surface area contributed by atoms with Gasteiger partial charge in [-0.1, -0.05) is 19.1 Å². The fourth-order valence-electron chi connectivity index (χ4n) is 5.19. The van der Waals surface area contributed by atoms with Crippen LogP contribution in [0.1, 0.15) is 66.2 Å². The number of fused-ring (bicyclic) bond motifs is 3. The number of hydrogen-bond donors (Lipinski definition) is 4. The van der Waals surface area contributed by atoms with Crippen molar-refractivity contribution in [3.63, 3.8) is 0 Å². The molecule has 0 unspecified atom stereocenters. The van der Waals surface area contributed by atoms with Gasteiger partial charge in [-0.3, -0.25) is 9.59 Å². The largest absolute Gasteiger partial charge is 0.493 e. The smallest absolute Gasteiger partial charge is 0.355 e. The number of nitrogens with zero attached hydrogens (tertiary/aromatic N) is 1. The molecule has 9 nitrogen and oxygen atoms in total. The molecule has 2 aromatic heterocycles. The lowest BCUT2D eigenvalue weighted by molar-refractivity contribution is 0.0691. The Morgan fingerprint density at radius 2 is 1.76 bits per heavy atom. The molecule has 2 amide bonds. The lowest BCUT2D eigenvalue weighted by atomic mass is 9.92. The summed E-state index contributed by atoms with van der Waals surface area (Å²) in [6.45, 7) is 6.98. The molecule has 216 valence electrons. The van der Waals surface area contributed by atoms with Gasteiger partial charge in [0.15, 0.2) is 5.69 Å². The Morgan fingerprint density at radius 1 is 1.00 bits per heavy atom. The van der Waals surface area contributed by atoms with E-state index < -0.39 is 17.8 Å². The second-order valence-corrected chi connectivity index (χ2v) is 11.2. The van der Waals surface area contributed by atoms with Crippen molar-refractivity contribution in [3.05, 3.63) is 86.4 Å². The first-order valence-corrected chi connectivity index (χ1v) is 14.6. The molecule has 10 heteroatoms. The zero-order chi connectivity index (χ0) is 30.0. The molecule has 2 aromatic carbocycles. The lowest BCUT2D eigenvalue weighted by Gasteiger charge is -2.18. The molecule has 42 heavy (non-hydrogen) atoms. The van der Waals surface area contributed by atoms with E-state index in [1.807, 2.05) is 44.4 Å². The fraction of sp³-hybridized carbons (Fsp3) is 0.250. The van der Waals surface area contributed by atoms with Gasteiger partial charge in [0, 0.05) is 52.3 Å². The molecule has 0 saturated heterocycles. The average molecular weight is 585 g/mol. The van der Waals surface area contributed by atoms with Crippen molar-refractivity contribution < 1.29 is 24.2 Å². The molecule has 0 fully saturated rings. The van der Waals surface area contributed by atoms with Crippen LogP contribution in [-0.2, 0) is 13.0 Å². The highest BCUT2D eigenvalue weighted by Gasteiger charge is 2.27. The van der Waals surface area contributed by atoms with Crippen molar-refractivity contribution >= 4 is 34.8 Å². The Morgan fingerprint density at radius 3 is 2.45 bits per heavy atom. The molecule has 5 rings (SSSR count). The van der Waals surface area contributed by atoms with Crippen LogP contribution in [0.25, 0.3) is 22.3 Å². The van der Waals surface area contributed by atoms with Crippen molar-refractivity contribution in [2.45, 2.75) is 40.2 Å². The molecule has 0 aliphatic carbocycles. The Kier molecular flexibility index (Phi) is 8.37. The van der Waals surface area contributed by atoms with Crippen LogP contribution in [0.3, 0.4) is 0 Å². The standard InChI is InChI=1S/C32H32N4O5S/c1-4-9-34-31(38)25-6-5-21(29(35-25)32(39)40)22-15-26-23(20-8-11-42-27(20)7-10-41-26)14-24(22)30(37)36-28-17(2)12-19(16-33)13-18(28)3/h5-6,8,11-15H,4,7,9-10,16,33H2,1-3H3,(H,34,38)(H,36,37)(H,39,40). The number of aryl methyl sites for hydroxylation is 2. The van der Waals surface area contributed by atoms with Gasteiger partial charge in [0.05, 0.1) is 6.61 Å². The number of aromatic carboxylic acids is 1. The van der Waals surface area contributed by atoms with E-state index in [4.69, 9.17) is 10.5 Å². The SMILES string of the molecule is CCCNC(=O)c1ccc(-c2cc3c(cc2C(=O)Nc2c(C)cc(CN)cc2C)-c2ccsc2CCO3)c(C(=O)O)n1. The third-order valence-electron chi connectivity index (χ3n) is 7.21. The van der Waals surface area contributed by atoms with Crippen molar-refractivity contribution in [1.29, 1.82) is 0 Å². The number of carbonyl (C=O) groups is 3. The molecule has 0 spiro atoms. The first kappa shape index (κ1) is 29.0. The van der Waals surface area contributed by atoms with E-state index in [0.29, 0.717) is 43.1 Å². The predicted octanol–water partition coefficient (Wildman–Crippen LogP) is 5.58.